The van der Waals surface area contributed by atoms with Crippen LogP contribution in [0.2, 0.25) is 5.02 Å². The summed E-state index contributed by atoms with van der Waals surface area (Å²) in [6.07, 6.45) is 0. The first kappa shape index (κ1) is 17.4. The molecule has 2 aromatic carbocycles. The number of carbonyl (C=O) groups is 2. The molecule has 0 bridgehead atoms. The molecule has 0 radical (unpaired) electrons. The van der Waals surface area contributed by atoms with Gasteiger partial charge in [-0.15, -0.1) is 0 Å². The second kappa shape index (κ2) is 7.10. The number of amides is 2. The lowest BCUT2D eigenvalue weighted by atomic mass is 10.1. The van der Waals surface area contributed by atoms with E-state index < -0.39 is 22.4 Å². The highest BCUT2D eigenvalue weighted by Gasteiger charge is 2.21. The van der Waals surface area contributed by atoms with Crippen molar-refractivity contribution in [3.63, 3.8) is 0 Å². The van der Waals surface area contributed by atoms with Gasteiger partial charge in [-0.3, -0.25) is 30.6 Å². The molecule has 0 saturated carbocycles. The van der Waals surface area contributed by atoms with Gasteiger partial charge in [-0.25, -0.2) is 0 Å². The van der Waals surface area contributed by atoms with E-state index in [1.54, 1.807) is 19.1 Å². The molecule has 0 fully saturated rings. The summed E-state index contributed by atoms with van der Waals surface area (Å²) in [5, 5.41) is 11.1. The standard InChI is InChI=1S/C16H14ClN3O4/c1-9-3-5-12(10(2)7-9)15(21)18-19-16(22)13-6-4-11(17)8-14(13)20(23)24/h3-8H,1-2H3,(H,18,21)(H,19,22). The van der Waals surface area contributed by atoms with Gasteiger partial charge in [0.05, 0.1) is 4.92 Å². The van der Waals surface area contributed by atoms with E-state index >= 15 is 0 Å². The first-order valence-corrected chi connectivity index (χ1v) is 7.29. The predicted molar refractivity (Wildman–Crippen MR) is 89.0 cm³/mol. The number of benzene rings is 2. The number of carbonyl (C=O) groups excluding carboxylic acids is 2. The summed E-state index contributed by atoms with van der Waals surface area (Å²) >= 11 is 5.70. The minimum absolute atomic E-state index is 0.137. The fourth-order valence-electron chi connectivity index (χ4n) is 2.16. The molecular formula is C16H14ClN3O4. The number of nitrogens with one attached hydrogen (secondary N) is 2. The first-order valence-electron chi connectivity index (χ1n) is 6.91. The quantitative estimate of drug-likeness (QED) is 0.658. The van der Waals surface area contributed by atoms with E-state index in [-0.39, 0.29) is 10.6 Å². The van der Waals surface area contributed by atoms with Crippen LogP contribution in [-0.2, 0) is 0 Å². The van der Waals surface area contributed by atoms with Crippen LogP contribution in [0.25, 0.3) is 0 Å². The van der Waals surface area contributed by atoms with Crippen molar-refractivity contribution in [2.45, 2.75) is 13.8 Å². The minimum Gasteiger partial charge on any atom is -0.267 e. The number of nitro groups is 1. The van der Waals surface area contributed by atoms with E-state index in [1.807, 2.05) is 13.0 Å². The van der Waals surface area contributed by atoms with E-state index in [9.17, 15) is 19.7 Å². The van der Waals surface area contributed by atoms with Crippen molar-refractivity contribution >= 4 is 29.1 Å². The molecule has 124 valence electrons. The highest BCUT2D eigenvalue weighted by atomic mass is 35.5. The van der Waals surface area contributed by atoms with Gasteiger partial charge >= 0.3 is 0 Å². The number of nitrogens with zero attached hydrogens (tertiary/aromatic N) is 1. The normalized spacial score (nSPS) is 10.1. The van der Waals surface area contributed by atoms with Crippen molar-refractivity contribution in [2.24, 2.45) is 0 Å². The van der Waals surface area contributed by atoms with Crippen LogP contribution in [0.4, 0.5) is 5.69 Å². The summed E-state index contributed by atoms with van der Waals surface area (Å²) in [4.78, 5) is 34.5. The fourth-order valence-corrected chi connectivity index (χ4v) is 2.33. The molecule has 0 aromatic heterocycles. The summed E-state index contributed by atoms with van der Waals surface area (Å²) < 4.78 is 0. The van der Waals surface area contributed by atoms with Crippen molar-refractivity contribution in [1.82, 2.24) is 10.9 Å². The lowest BCUT2D eigenvalue weighted by Gasteiger charge is -2.10. The Kier molecular flexibility index (Phi) is 5.15. The molecule has 0 spiro atoms. The number of hydrogen-bond acceptors (Lipinski definition) is 4. The van der Waals surface area contributed by atoms with Gasteiger partial charge in [-0.2, -0.15) is 0 Å². The Hall–Kier alpha value is -2.93. The van der Waals surface area contributed by atoms with E-state index in [0.29, 0.717) is 5.56 Å². The molecule has 24 heavy (non-hydrogen) atoms. The molecular weight excluding hydrogens is 334 g/mol. The zero-order chi connectivity index (χ0) is 17.9. The van der Waals surface area contributed by atoms with Gasteiger partial charge in [0.2, 0.25) is 0 Å². The van der Waals surface area contributed by atoms with Gasteiger partial charge in [-0.05, 0) is 37.6 Å². The van der Waals surface area contributed by atoms with Gasteiger partial charge in [-0.1, -0.05) is 29.3 Å². The molecule has 0 saturated heterocycles. The first-order chi connectivity index (χ1) is 11.3. The number of rotatable bonds is 3. The Balaban J connectivity index is 2.13. The second-order valence-electron chi connectivity index (χ2n) is 5.15. The highest BCUT2D eigenvalue weighted by molar-refractivity contribution is 6.31. The van der Waals surface area contributed by atoms with Crippen molar-refractivity contribution in [3.05, 3.63) is 73.8 Å². The number of nitro benzene ring substituents is 1. The van der Waals surface area contributed by atoms with Crippen LogP contribution < -0.4 is 10.9 Å². The maximum Gasteiger partial charge on any atom is 0.283 e. The van der Waals surface area contributed by atoms with Crippen LogP contribution in [0.5, 0.6) is 0 Å². The molecule has 0 heterocycles. The molecule has 7 nitrogen and oxygen atoms in total. The summed E-state index contributed by atoms with van der Waals surface area (Å²) in [5.74, 6) is -1.33. The van der Waals surface area contributed by atoms with Gasteiger partial charge in [0, 0.05) is 16.7 Å². The minimum atomic E-state index is -0.809. The molecule has 0 unspecified atom stereocenters. The fraction of sp³-hybridized carbons (Fsp3) is 0.125. The van der Waals surface area contributed by atoms with Crippen LogP contribution in [0.15, 0.2) is 36.4 Å². The SMILES string of the molecule is Cc1ccc(C(=O)NNC(=O)c2ccc(Cl)cc2[N+](=O)[O-])c(C)c1. The third-order valence-electron chi connectivity index (χ3n) is 3.32. The maximum absolute atomic E-state index is 12.1. The van der Waals surface area contributed by atoms with Crippen molar-refractivity contribution in [1.29, 1.82) is 0 Å². The molecule has 2 rings (SSSR count). The summed E-state index contributed by atoms with van der Waals surface area (Å²) in [7, 11) is 0. The highest BCUT2D eigenvalue weighted by Crippen LogP contribution is 2.23. The average molecular weight is 348 g/mol. The Morgan fingerprint density at radius 3 is 2.17 bits per heavy atom. The van der Waals surface area contributed by atoms with E-state index in [4.69, 9.17) is 11.6 Å². The Bertz CT molecular complexity index is 836. The largest absolute Gasteiger partial charge is 0.283 e. The van der Waals surface area contributed by atoms with Gasteiger partial charge in [0.25, 0.3) is 17.5 Å². The van der Waals surface area contributed by atoms with Crippen LogP contribution in [-0.4, -0.2) is 16.7 Å². The lowest BCUT2D eigenvalue weighted by molar-refractivity contribution is -0.385. The molecule has 0 aliphatic rings. The average Bonchev–Trinajstić information content (AvgIpc) is 2.52. The summed E-state index contributed by atoms with van der Waals surface area (Å²) in [6, 6.07) is 8.89. The Morgan fingerprint density at radius 1 is 1.00 bits per heavy atom. The zero-order valence-corrected chi connectivity index (χ0v) is 13.7. The molecule has 0 aliphatic carbocycles. The smallest absolute Gasteiger partial charge is 0.267 e. The molecule has 2 amide bonds. The number of aryl methyl sites for hydroxylation is 2. The van der Waals surface area contributed by atoms with Crippen LogP contribution in [0.3, 0.4) is 0 Å². The van der Waals surface area contributed by atoms with Crippen molar-refractivity contribution in [2.75, 3.05) is 0 Å². The maximum atomic E-state index is 12.1. The van der Waals surface area contributed by atoms with Crippen molar-refractivity contribution in [3.8, 4) is 0 Å². The Morgan fingerprint density at radius 2 is 1.58 bits per heavy atom. The molecule has 2 N–H and O–H groups in total. The molecule has 2 aromatic rings. The number of hydrazine groups is 1. The van der Waals surface area contributed by atoms with Gasteiger partial charge < -0.3 is 0 Å². The van der Waals surface area contributed by atoms with Crippen molar-refractivity contribution < 1.29 is 14.5 Å². The van der Waals surface area contributed by atoms with Crippen LogP contribution >= 0.6 is 11.6 Å². The molecule has 0 aliphatic heterocycles. The number of halogens is 1. The van der Waals surface area contributed by atoms with Gasteiger partial charge in [0.1, 0.15) is 5.56 Å². The van der Waals surface area contributed by atoms with E-state index in [1.165, 1.54) is 12.1 Å². The van der Waals surface area contributed by atoms with Crippen LogP contribution in [0.1, 0.15) is 31.8 Å². The third-order valence-corrected chi connectivity index (χ3v) is 3.55. The topological polar surface area (TPSA) is 101 Å². The molecule has 8 heteroatoms. The third kappa shape index (κ3) is 3.88. The zero-order valence-electron chi connectivity index (χ0n) is 12.9. The number of hydrogen-bond donors (Lipinski definition) is 2. The van der Waals surface area contributed by atoms with E-state index in [2.05, 4.69) is 10.9 Å². The van der Waals surface area contributed by atoms with E-state index in [0.717, 1.165) is 17.2 Å². The lowest BCUT2D eigenvalue weighted by Crippen LogP contribution is -2.42. The second-order valence-corrected chi connectivity index (χ2v) is 5.58. The Labute approximate surface area is 142 Å². The summed E-state index contributed by atoms with van der Waals surface area (Å²) in [6.45, 7) is 3.67. The van der Waals surface area contributed by atoms with Gasteiger partial charge in [0.15, 0.2) is 0 Å². The molecule has 0 atom stereocenters. The van der Waals surface area contributed by atoms with Crippen LogP contribution in [0, 0.1) is 24.0 Å². The summed E-state index contributed by atoms with van der Waals surface area (Å²) in [5.41, 5.74) is 5.91. The predicted octanol–water partition coefficient (Wildman–Crippen LogP) is 2.94. The monoisotopic (exact) mass is 347 g/mol.